The Morgan fingerprint density at radius 2 is 1.85 bits per heavy atom. The van der Waals surface area contributed by atoms with E-state index in [4.69, 9.17) is 9.05 Å². The summed E-state index contributed by atoms with van der Waals surface area (Å²) in [6.07, 6.45) is 3.86. The fourth-order valence-electron chi connectivity index (χ4n) is 5.10. The van der Waals surface area contributed by atoms with Gasteiger partial charge in [0.25, 0.3) is 0 Å². The largest absolute Gasteiger partial charge is 0.465 e. The molecule has 5 N–H and O–H groups in total. The molecule has 1 aliphatic heterocycles. The van der Waals surface area contributed by atoms with Crippen molar-refractivity contribution >= 4 is 25.9 Å². The molecule has 2 rings (SSSR count). The summed E-state index contributed by atoms with van der Waals surface area (Å²) in [4.78, 5) is 35.8. The van der Waals surface area contributed by atoms with Gasteiger partial charge in [-0.05, 0) is 46.0 Å². The minimum Gasteiger partial charge on any atom is -0.465 e. The molecule has 190 valence electrons. The monoisotopic (exact) mass is 491 g/mol. The summed E-state index contributed by atoms with van der Waals surface area (Å²) in [6, 6.07) is -2.80. The van der Waals surface area contributed by atoms with E-state index in [1.165, 1.54) is 0 Å². The zero-order valence-electron chi connectivity index (χ0n) is 19.6. The molecule has 12 heteroatoms. The Morgan fingerprint density at radius 1 is 1.24 bits per heavy atom. The SMILES string of the molecule is CCOP(=O)(OCC)C(O)([C@H](C)NC(C1CCCCC1)[C@@H](C=O)NC(=O)O)[C@H]1CCNC1=O. The first kappa shape index (κ1) is 27.7. The fourth-order valence-corrected chi connectivity index (χ4v) is 7.45. The Bertz CT molecular complexity index is 722. The third-order valence-electron chi connectivity index (χ3n) is 6.66. The maximum atomic E-state index is 13.9. The van der Waals surface area contributed by atoms with Gasteiger partial charge in [-0.15, -0.1) is 0 Å². The van der Waals surface area contributed by atoms with Crippen molar-refractivity contribution in [3.05, 3.63) is 0 Å². The van der Waals surface area contributed by atoms with Crippen LogP contribution in [0, 0.1) is 11.8 Å². The average Bonchev–Trinajstić information content (AvgIpc) is 3.22. The van der Waals surface area contributed by atoms with Crippen LogP contribution in [-0.2, 0) is 23.2 Å². The van der Waals surface area contributed by atoms with E-state index in [0.717, 1.165) is 32.1 Å². The third kappa shape index (κ3) is 6.14. The second kappa shape index (κ2) is 12.3. The number of amides is 2. The number of aldehydes is 1. The highest BCUT2D eigenvalue weighted by atomic mass is 31.2. The maximum Gasteiger partial charge on any atom is 0.405 e. The van der Waals surface area contributed by atoms with Crippen LogP contribution in [-0.4, -0.2) is 71.7 Å². The smallest absolute Gasteiger partial charge is 0.405 e. The van der Waals surface area contributed by atoms with Gasteiger partial charge in [-0.2, -0.15) is 0 Å². The van der Waals surface area contributed by atoms with Crippen LogP contribution in [0.15, 0.2) is 0 Å². The predicted octanol–water partition coefficient (Wildman–Crippen LogP) is 1.84. The van der Waals surface area contributed by atoms with Crippen molar-refractivity contribution in [2.24, 2.45) is 11.8 Å². The van der Waals surface area contributed by atoms with Crippen molar-refractivity contribution in [2.45, 2.75) is 82.8 Å². The quantitative estimate of drug-likeness (QED) is 0.191. The van der Waals surface area contributed by atoms with Gasteiger partial charge in [0, 0.05) is 18.6 Å². The highest BCUT2D eigenvalue weighted by Gasteiger charge is 2.62. The van der Waals surface area contributed by atoms with Gasteiger partial charge in [-0.1, -0.05) is 19.3 Å². The Morgan fingerprint density at radius 3 is 2.30 bits per heavy atom. The lowest BCUT2D eigenvalue weighted by Crippen LogP contribution is -2.63. The van der Waals surface area contributed by atoms with E-state index in [1.54, 1.807) is 20.8 Å². The molecule has 0 bridgehead atoms. The van der Waals surface area contributed by atoms with E-state index < -0.39 is 49.0 Å². The van der Waals surface area contributed by atoms with Crippen LogP contribution in [0.5, 0.6) is 0 Å². The Balaban J connectivity index is 2.47. The van der Waals surface area contributed by atoms with Gasteiger partial charge in [0.1, 0.15) is 12.3 Å². The number of nitrogens with one attached hydrogen (secondary N) is 3. The lowest BCUT2D eigenvalue weighted by atomic mass is 9.80. The zero-order valence-corrected chi connectivity index (χ0v) is 20.5. The number of carbonyl (C=O) groups excluding carboxylic acids is 2. The third-order valence-corrected chi connectivity index (χ3v) is 9.43. The molecule has 0 aromatic heterocycles. The number of aliphatic hydroxyl groups is 1. The van der Waals surface area contributed by atoms with Crippen molar-refractivity contribution in [2.75, 3.05) is 19.8 Å². The van der Waals surface area contributed by atoms with Gasteiger partial charge in [-0.3, -0.25) is 9.36 Å². The standard InChI is InChI=1S/C21H38N3O8P/c1-4-31-33(30,32-5-2)21(29,16-11-12-22-19(16)26)14(3)23-18(15-9-7-6-8-10-15)17(13-25)24-20(27)28/h13-18,23-24,29H,4-12H2,1-3H3,(H,22,26)(H,27,28)/t14-,16-,17+,18?,21?/m0/s1. The van der Waals surface area contributed by atoms with Crippen molar-refractivity contribution < 1.29 is 38.2 Å². The molecule has 2 aliphatic rings. The first-order valence-corrected chi connectivity index (χ1v) is 13.3. The Labute approximate surface area is 194 Å². The summed E-state index contributed by atoms with van der Waals surface area (Å²) in [5.74, 6) is -1.59. The normalized spacial score (nSPS) is 24.4. The molecule has 1 heterocycles. The van der Waals surface area contributed by atoms with Crippen molar-refractivity contribution in [3.63, 3.8) is 0 Å². The molecule has 0 aromatic carbocycles. The number of hydrogen-bond donors (Lipinski definition) is 5. The molecule has 33 heavy (non-hydrogen) atoms. The van der Waals surface area contributed by atoms with Crippen molar-refractivity contribution in [1.82, 2.24) is 16.0 Å². The molecule has 5 atom stereocenters. The summed E-state index contributed by atoms with van der Waals surface area (Å²) < 4.78 is 24.8. The molecule has 2 fully saturated rings. The first-order valence-electron chi connectivity index (χ1n) is 11.7. The van der Waals surface area contributed by atoms with E-state index in [9.17, 15) is 29.2 Å². The summed E-state index contributed by atoms with van der Waals surface area (Å²) in [5.41, 5.74) is 0. The zero-order chi connectivity index (χ0) is 24.6. The molecule has 2 unspecified atom stereocenters. The van der Waals surface area contributed by atoms with E-state index in [2.05, 4.69) is 16.0 Å². The Kier molecular flexibility index (Phi) is 10.3. The topological polar surface area (TPSA) is 163 Å². The fraction of sp³-hybridized carbons (Fsp3) is 0.857. The predicted molar refractivity (Wildman–Crippen MR) is 121 cm³/mol. The van der Waals surface area contributed by atoms with Crippen LogP contribution in [0.2, 0.25) is 0 Å². The molecular formula is C21H38N3O8P. The van der Waals surface area contributed by atoms with Crippen LogP contribution < -0.4 is 16.0 Å². The second-order valence-corrected chi connectivity index (χ2v) is 10.9. The number of carbonyl (C=O) groups is 3. The minimum atomic E-state index is -4.24. The highest BCUT2D eigenvalue weighted by Crippen LogP contribution is 2.64. The van der Waals surface area contributed by atoms with E-state index >= 15 is 0 Å². The van der Waals surface area contributed by atoms with Crippen LogP contribution >= 0.6 is 7.60 Å². The lowest BCUT2D eigenvalue weighted by molar-refractivity contribution is -0.129. The molecule has 1 aliphatic carbocycles. The number of hydrogen-bond acceptors (Lipinski definition) is 8. The summed E-state index contributed by atoms with van der Waals surface area (Å²) in [6.45, 7) is 5.08. The van der Waals surface area contributed by atoms with Gasteiger partial charge in [0.2, 0.25) is 5.91 Å². The van der Waals surface area contributed by atoms with Crippen LogP contribution in [0.3, 0.4) is 0 Å². The van der Waals surface area contributed by atoms with Gasteiger partial charge < -0.3 is 40.0 Å². The molecule has 2 amide bonds. The van der Waals surface area contributed by atoms with Gasteiger partial charge in [0.15, 0.2) is 5.34 Å². The molecule has 0 spiro atoms. The molecule has 1 saturated carbocycles. The van der Waals surface area contributed by atoms with Crippen molar-refractivity contribution in [3.8, 4) is 0 Å². The van der Waals surface area contributed by atoms with E-state index in [-0.39, 0.29) is 25.6 Å². The molecular weight excluding hydrogens is 453 g/mol. The van der Waals surface area contributed by atoms with Crippen LogP contribution in [0.25, 0.3) is 0 Å². The van der Waals surface area contributed by atoms with Gasteiger partial charge in [0.05, 0.1) is 19.1 Å². The second-order valence-electron chi connectivity index (χ2n) is 8.67. The summed E-state index contributed by atoms with van der Waals surface area (Å²) >= 11 is 0. The van der Waals surface area contributed by atoms with E-state index in [1.807, 2.05) is 0 Å². The minimum absolute atomic E-state index is 0.00969. The first-order chi connectivity index (χ1) is 15.6. The summed E-state index contributed by atoms with van der Waals surface area (Å²) in [7, 11) is -4.24. The van der Waals surface area contributed by atoms with Crippen LogP contribution in [0.4, 0.5) is 4.79 Å². The molecule has 11 nitrogen and oxygen atoms in total. The van der Waals surface area contributed by atoms with Gasteiger partial charge in [-0.25, -0.2) is 4.79 Å². The molecule has 0 radical (unpaired) electrons. The van der Waals surface area contributed by atoms with Crippen LogP contribution in [0.1, 0.15) is 59.3 Å². The number of carboxylic acid groups (broad SMARTS) is 1. The van der Waals surface area contributed by atoms with E-state index in [0.29, 0.717) is 12.8 Å². The van der Waals surface area contributed by atoms with Crippen molar-refractivity contribution in [1.29, 1.82) is 0 Å². The number of rotatable bonds is 13. The van der Waals surface area contributed by atoms with Gasteiger partial charge >= 0.3 is 13.7 Å². The molecule has 0 aromatic rings. The Hall–Kier alpha value is -1.52. The summed E-state index contributed by atoms with van der Waals surface area (Å²) in [5, 5.41) is 27.1. The average molecular weight is 492 g/mol. The highest BCUT2D eigenvalue weighted by molar-refractivity contribution is 7.55. The lowest BCUT2D eigenvalue weighted by Gasteiger charge is -2.45. The molecule has 1 saturated heterocycles. The maximum absolute atomic E-state index is 13.9.